The summed E-state index contributed by atoms with van der Waals surface area (Å²) >= 11 is 0. The standard InChI is InChI=1S/C19H24N2/c1-15(17-6-4-3-5-7-17)13-20-14-16-8-9-19-18(12-16)10-11-21(19)2/h3-9,12,15,20H,10-11,13-14H2,1-2H3. The van der Waals surface area contributed by atoms with Crippen molar-refractivity contribution in [2.24, 2.45) is 0 Å². The fraction of sp³-hybridized carbons (Fsp3) is 0.368. The molecule has 0 aliphatic carbocycles. The Morgan fingerprint density at radius 2 is 1.95 bits per heavy atom. The summed E-state index contributed by atoms with van der Waals surface area (Å²) in [6.45, 7) is 5.40. The number of rotatable bonds is 5. The average Bonchev–Trinajstić information content (AvgIpc) is 2.89. The topological polar surface area (TPSA) is 15.3 Å². The van der Waals surface area contributed by atoms with E-state index in [0.29, 0.717) is 5.92 Å². The van der Waals surface area contributed by atoms with Gasteiger partial charge in [-0.2, -0.15) is 0 Å². The minimum absolute atomic E-state index is 0.548. The highest BCUT2D eigenvalue weighted by molar-refractivity contribution is 5.58. The molecule has 2 aromatic carbocycles. The molecule has 0 saturated carbocycles. The maximum absolute atomic E-state index is 3.59. The third-order valence-electron chi connectivity index (χ3n) is 4.42. The van der Waals surface area contributed by atoms with Gasteiger partial charge in [0.05, 0.1) is 0 Å². The van der Waals surface area contributed by atoms with E-state index in [9.17, 15) is 0 Å². The molecule has 110 valence electrons. The molecule has 2 aromatic rings. The summed E-state index contributed by atoms with van der Waals surface area (Å²) in [5.74, 6) is 0.548. The highest BCUT2D eigenvalue weighted by Gasteiger charge is 2.15. The van der Waals surface area contributed by atoms with Crippen LogP contribution in [0.25, 0.3) is 0 Å². The van der Waals surface area contributed by atoms with Crippen LogP contribution in [0.15, 0.2) is 48.5 Å². The summed E-state index contributed by atoms with van der Waals surface area (Å²) in [6.07, 6.45) is 1.18. The predicted octanol–water partition coefficient (Wildman–Crippen LogP) is 3.57. The third-order valence-corrected chi connectivity index (χ3v) is 4.42. The number of likely N-dealkylation sites (N-methyl/N-ethyl adjacent to an activating group) is 1. The first-order chi connectivity index (χ1) is 10.2. The third kappa shape index (κ3) is 3.27. The summed E-state index contributed by atoms with van der Waals surface area (Å²) in [5, 5.41) is 3.59. The summed E-state index contributed by atoms with van der Waals surface area (Å²) in [7, 11) is 2.17. The molecule has 0 aromatic heterocycles. The van der Waals surface area contributed by atoms with Gasteiger partial charge in [-0.15, -0.1) is 0 Å². The maximum atomic E-state index is 3.59. The van der Waals surface area contributed by atoms with Crippen molar-refractivity contribution < 1.29 is 0 Å². The molecule has 21 heavy (non-hydrogen) atoms. The van der Waals surface area contributed by atoms with E-state index < -0.39 is 0 Å². The highest BCUT2D eigenvalue weighted by Crippen LogP contribution is 2.27. The molecule has 0 saturated heterocycles. The Labute approximate surface area is 127 Å². The lowest BCUT2D eigenvalue weighted by molar-refractivity contribution is 0.615. The second-order valence-corrected chi connectivity index (χ2v) is 6.08. The van der Waals surface area contributed by atoms with Gasteiger partial charge in [0.15, 0.2) is 0 Å². The predicted molar refractivity (Wildman–Crippen MR) is 90.0 cm³/mol. The molecule has 3 rings (SSSR count). The average molecular weight is 280 g/mol. The number of hydrogen-bond donors (Lipinski definition) is 1. The van der Waals surface area contributed by atoms with E-state index in [1.54, 1.807) is 0 Å². The zero-order valence-electron chi connectivity index (χ0n) is 13.0. The van der Waals surface area contributed by atoms with Crippen LogP contribution in [-0.2, 0) is 13.0 Å². The van der Waals surface area contributed by atoms with Gasteiger partial charge in [-0.3, -0.25) is 0 Å². The molecule has 1 aliphatic rings. The maximum Gasteiger partial charge on any atom is 0.0397 e. The molecule has 2 heteroatoms. The van der Waals surface area contributed by atoms with E-state index in [-0.39, 0.29) is 0 Å². The van der Waals surface area contributed by atoms with Crippen LogP contribution in [0.1, 0.15) is 29.5 Å². The van der Waals surface area contributed by atoms with E-state index in [2.05, 4.69) is 72.7 Å². The Balaban J connectivity index is 1.54. The Morgan fingerprint density at radius 3 is 2.76 bits per heavy atom. The largest absolute Gasteiger partial charge is 0.374 e. The second-order valence-electron chi connectivity index (χ2n) is 6.08. The van der Waals surface area contributed by atoms with Crippen LogP contribution in [0.2, 0.25) is 0 Å². The molecular weight excluding hydrogens is 256 g/mol. The lowest BCUT2D eigenvalue weighted by atomic mass is 10.0. The molecule has 0 spiro atoms. The SMILES string of the molecule is CC(CNCc1ccc2c(c1)CCN2C)c1ccccc1. The molecule has 1 N–H and O–H groups in total. The molecule has 2 nitrogen and oxygen atoms in total. The number of nitrogens with zero attached hydrogens (tertiary/aromatic N) is 1. The molecule has 0 radical (unpaired) electrons. The van der Waals surface area contributed by atoms with Gasteiger partial charge < -0.3 is 10.2 Å². The van der Waals surface area contributed by atoms with Gasteiger partial charge in [0, 0.05) is 32.4 Å². The molecule has 1 aliphatic heterocycles. The van der Waals surface area contributed by atoms with Crippen LogP contribution in [0, 0.1) is 0 Å². The molecule has 1 atom stereocenters. The monoisotopic (exact) mass is 280 g/mol. The van der Waals surface area contributed by atoms with Crippen molar-refractivity contribution in [2.75, 3.05) is 25.0 Å². The van der Waals surface area contributed by atoms with Crippen molar-refractivity contribution in [2.45, 2.75) is 25.8 Å². The van der Waals surface area contributed by atoms with Crippen LogP contribution >= 0.6 is 0 Å². The minimum atomic E-state index is 0.548. The van der Waals surface area contributed by atoms with Gasteiger partial charge in [0.25, 0.3) is 0 Å². The number of nitrogens with one attached hydrogen (secondary N) is 1. The van der Waals surface area contributed by atoms with E-state index in [1.807, 2.05) is 0 Å². The summed E-state index contributed by atoms with van der Waals surface area (Å²) in [6, 6.07) is 17.6. The number of fused-ring (bicyclic) bond motifs is 1. The molecule has 1 unspecified atom stereocenters. The van der Waals surface area contributed by atoms with Crippen molar-refractivity contribution in [1.82, 2.24) is 5.32 Å². The van der Waals surface area contributed by atoms with Crippen molar-refractivity contribution in [3.8, 4) is 0 Å². The van der Waals surface area contributed by atoms with E-state index in [1.165, 1.54) is 28.8 Å². The van der Waals surface area contributed by atoms with Crippen LogP contribution in [0.4, 0.5) is 5.69 Å². The Hall–Kier alpha value is -1.80. The van der Waals surface area contributed by atoms with Crippen LogP contribution in [0.3, 0.4) is 0 Å². The van der Waals surface area contributed by atoms with Gasteiger partial charge in [-0.25, -0.2) is 0 Å². The van der Waals surface area contributed by atoms with Crippen molar-refractivity contribution in [3.63, 3.8) is 0 Å². The smallest absolute Gasteiger partial charge is 0.0397 e. The molecular formula is C19H24N2. The number of hydrogen-bond acceptors (Lipinski definition) is 2. The Morgan fingerprint density at radius 1 is 1.14 bits per heavy atom. The van der Waals surface area contributed by atoms with E-state index in [0.717, 1.165) is 19.6 Å². The van der Waals surface area contributed by atoms with Gasteiger partial charge in [-0.1, -0.05) is 49.4 Å². The fourth-order valence-electron chi connectivity index (χ4n) is 3.06. The van der Waals surface area contributed by atoms with E-state index >= 15 is 0 Å². The van der Waals surface area contributed by atoms with Gasteiger partial charge in [-0.05, 0) is 35.1 Å². The highest BCUT2D eigenvalue weighted by atomic mass is 15.1. The van der Waals surface area contributed by atoms with Gasteiger partial charge >= 0.3 is 0 Å². The molecule has 0 bridgehead atoms. The zero-order chi connectivity index (χ0) is 14.7. The lowest BCUT2D eigenvalue weighted by Gasteiger charge is -2.14. The number of benzene rings is 2. The Bertz CT molecular complexity index is 592. The van der Waals surface area contributed by atoms with Gasteiger partial charge in [0.2, 0.25) is 0 Å². The van der Waals surface area contributed by atoms with Crippen LogP contribution in [-0.4, -0.2) is 20.1 Å². The number of anilines is 1. The first-order valence-electron chi connectivity index (χ1n) is 7.82. The summed E-state index contributed by atoms with van der Waals surface area (Å²) in [4.78, 5) is 2.34. The summed E-state index contributed by atoms with van der Waals surface area (Å²) < 4.78 is 0. The van der Waals surface area contributed by atoms with E-state index in [4.69, 9.17) is 0 Å². The zero-order valence-corrected chi connectivity index (χ0v) is 13.0. The minimum Gasteiger partial charge on any atom is -0.374 e. The normalized spacial score (nSPS) is 15.0. The fourth-order valence-corrected chi connectivity index (χ4v) is 3.06. The van der Waals surface area contributed by atoms with Crippen molar-refractivity contribution in [3.05, 3.63) is 65.2 Å². The molecule has 0 fully saturated rings. The van der Waals surface area contributed by atoms with Crippen LogP contribution in [0.5, 0.6) is 0 Å². The lowest BCUT2D eigenvalue weighted by Crippen LogP contribution is -2.19. The second kappa shape index (κ2) is 6.31. The quantitative estimate of drug-likeness (QED) is 0.900. The van der Waals surface area contributed by atoms with Crippen LogP contribution < -0.4 is 10.2 Å². The first kappa shape index (κ1) is 14.2. The Kier molecular flexibility index (Phi) is 4.26. The molecule has 0 amide bonds. The summed E-state index contributed by atoms with van der Waals surface area (Å²) in [5.41, 5.74) is 5.69. The van der Waals surface area contributed by atoms with Gasteiger partial charge in [0.1, 0.15) is 0 Å². The molecule has 1 heterocycles. The van der Waals surface area contributed by atoms with Crippen molar-refractivity contribution in [1.29, 1.82) is 0 Å². The first-order valence-corrected chi connectivity index (χ1v) is 7.82. The van der Waals surface area contributed by atoms with Crippen molar-refractivity contribution >= 4 is 5.69 Å².